The maximum atomic E-state index is 12.9. The van der Waals surface area contributed by atoms with Crippen LogP contribution in [0.4, 0.5) is 13.2 Å². The minimum Gasteiger partial charge on any atom is -0.491 e. The standard InChI is InChI=1S/C25H37F3O2Si/c1-7-9-10-11-12-13-17-31(20(3)4,21(5)6)30-23(8-2)19-29-24-16-14-15-22(18-24)25(26,27)28/h8,14-16,18,20-21,23H,2,7,9-12,19H2,1,3-6H3/t23-/m0/s1. The fourth-order valence-electron chi connectivity index (χ4n) is 3.44. The van der Waals surface area contributed by atoms with Crippen LogP contribution in [0, 0.1) is 11.5 Å². The van der Waals surface area contributed by atoms with Crippen LogP contribution >= 0.6 is 0 Å². The molecule has 0 radical (unpaired) electrons. The number of alkyl halides is 3. The molecule has 6 heteroatoms. The van der Waals surface area contributed by atoms with E-state index in [2.05, 4.69) is 52.7 Å². The number of rotatable bonds is 12. The van der Waals surface area contributed by atoms with Crippen LogP contribution in [0.3, 0.4) is 0 Å². The summed E-state index contributed by atoms with van der Waals surface area (Å²) >= 11 is 0. The number of hydrogen-bond donors (Lipinski definition) is 0. The van der Waals surface area contributed by atoms with Crippen molar-refractivity contribution < 1.29 is 22.3 Å². The van der Waals surface area contributed by atoms with Crippen molar-refractivity contribution in [3.63, 3.8) is 0 Å². The summed E-state index contributed by atoms with van der Waals surface area (Å²) in [7, 11) is -2.47. The summed E-state index contributed by atoms with van der Waals surface area (Å²) in [5, 5.41) is 0. The topological polar surface area (TPSA) is 18.5 Å². The molecule has 1 rings (SSSR count). The molecule has 0 spiro atoms. The maximum absolute atomic E-state index is 12.9. The van der Waals surface area contributed by atoms with E-state index < -0.39 is 26.2 Å². The molecule has 174 valence electrons. The third-order valence-electron chi connectivity index (χ3n) is 5.34. The quantitative estimate of drug-likeness (QED) is 0.138. The molecule has 0 aromatic heterocycles. The van der Waals surface area contributed by atoms with E-state index in [-0.39, 0.29) is 23.4 Å². The van der Waals surface area contributed by atoms with Crippen molar-refractivity contribution in [2.24, 2.45) is 0 Å². The lowest BCUT2D eigenvalue weighted by molar-refractivity contribution is -0.137. The van der Waals surface area contributed by atoms with Crippen molar-refractivity contribution in [3.8, 4) is 17.2 Å². The van der Waals surface area contributed by atoms with Gasteiger partial charge in [0, 0.05) is 6.42 Å². The molecule has 0 saturated carbocycles. The summed E-state index contributed by atoms with van der Waals surface area (Å²) in [6, 6.07) is 4.89. The van der Waals surface area contributed by atoms with Crippen molar-refractivity contribution in [2.45, 2.75) is 90.1 Å². The predicted octanol–water partition coefficient (Wildman–Crippen LogP) is 7.93. The summed E-state index contributed by atoms with van der Waals surface area (Å²) in [4.78, 5) is 0. The molecule has 1 aromatic rings. The predicted molar refractivity (Wildman–Crippen MR) is 124 cm³/mol. The monoisotopic (exact) mass is 454 g/mol. The highest BCUT2D eigenvalue weighted by Crippen LogP contribution is 2.35. The Labute approximate surface area is 187 Å². The summed E-state index contributed by atoms with van der Waals surface area (Å²) in [6.45, 7) is 14.7. The van der Waals surface area contributed by atoms with Crippen LogP contribution in [0.15, 0.2) is 36.9 Å². The molecule has 0 N–H and O–H groups in total. The van der Waals surface area contributed by atoms with Crippen molar-refractivity contribution >= 4 is 8.32 Å². The van der Waals surface area contributed by atoms with Crippen LogP contribution < -0.4 is 4.74 Å². The Hall–Kier alpha value is -1.71. The van der Waals surface area contributed by atoms with Gasteiger partial charge in [-0.2, -0.15) is 13.2 Å². The van der Waals surface area contributed by atoms with Gasteiger partial charge in [0.1, 0.15) is 12.4 Å². The zero-order chi connectivity index (χ0) is 23.5. The molecule has 0 saturated heterocycles. The Morgan fingerprint density at radius 1 is 1.10 bits per heavy atom. The van der Waals surface area contributed by atoms with Gasteiger partial charge in [0.15, 0.2) is 0 Å². The van der Waals surface area contributed by atoms with Crippen molar-refractivity contribution in [1.82, 2.24) is 0 Å². The van der Waals surface area contributed by atoms with Gasteiger partial charge in [0.2, 0.25) is 0 Å². The molecule has 0 aliphatic rings. The molecule has 0 heterocycles. The van der Waals surface area contributed by atoms with Crippen LogP contribution in [0.5, 0.6) is 5.75 Å². The van der Waals surface area contributed by atoms with Gasteiger partial charge in [-0.15, -0.1) is 12.5 Å². The lowest BCUT2D eigenvalue weighted by atomic mass is 10.2. The SMILES string of the molecule is C=C[C@@H](COc1cccc(C(F)(F)F)c1)O[Si](C#CCCCCCC)(C(C)C)C(C)C. The van der Waals surface area contributed by atoms with E-state index in [1.54, 1.807) is 6.08 Å². The molecule has 0 fully saturated rings. The van der Waals surface area contributed by atoms with E-state index in [0.29, 0.717) is 0 Å². The highest BCUT2D eigenvalue weighted by molar-refractivity contribution is 6.84. The molecule has 1 atom stereocenters. The van der Waals surface area contributed by atoms with E-state index in [9.17, 15) is 13.2 Å². The van der Waals surface area contributed by atoms with Crippen molar-refractivity contribution in [2.75, 3.05) is 6.61 Å². The lowest BCUT2D eigenvalue weighted by Crippen LogP contribution is -2.47. The van der Waals surface area contributed by atoms with E-state index in [4.69, 9.17) is 9.16 Å². The van der Waals surface area contributed by atoms with E-state index in [0.717, 1.165) is 25.0 Å². The molecule has 0 aliphatic carbocycles. The number of ether oxygens (including phenoxy) is 1. The summed E-state index contributed by atoms with van der Waals surface area (Å²) in [5.74, 6) is 3.52. The second-order valence-electron chi connectivity index (χ2n) is 8.44. The number of hydrogen-bond acceptors (Lipinski definition) is 2. The third kappa shape index (κ3) is 8.74. The highest BCUT2D eigenvalue weighted by atomic mass is 28.4. The summed E-state index contributed by atoms with van der Waals surface area (Å²) in [6.07, 6.45) is 2.36. The zero-order valence-corrected chi connectivity index (χ0v) is 20.5. The molecule has 0 bridgehead atoms. The first kappa shape index (κ1) is 27.3. The van der Waals surface area contributed by atoms with Gasteiger partial charge in [-0.1, -0.05) is 71.6 Å². The third-order valence-corrected chi connectivity index (χ3v) is 10.0. The van der Waals surface area contributed by atoms with Gasteiger partial charge in [-0.05, 0) is 35.7 Å². The first-order valence-corrected chi connectivity index (χ1v) is 13.2. The first-order valence-electron chi connectivity index (χ1n) is 11.2. The van der Waals surface area contributed by atoms with E-state index in [1.165, 1.54) is 31.4 Å². The normalized spacial score (nSPS) is 13.1. The average molecular weight is 455 g/mol. The Kier molecular flexibility index (Phi) is 11.4. The summed E-state index contributed by atoms with van der Waals surface area (Å²) < 4.78 is 51.0. The molecule has 2 nitrogen and oxygen atoms in total. The number of benzene rings is 1. The second-order valence-corrected chi connectivity index (χ2v) is 12.8. The first-order chi connectivity index (χ1) is 14.6. The molecule has 0 aliphatic heterocycles. The zero-order valence-electron chi connectivity index (χ0n) is 19.5. The molecule has 0 unspecified atom stereocenters. The minimum absolute atomic E-state index is 0.0944. The van der Waals surface area contributed by atoms with Gasteiger partial charge in [-0.25, -0.2) is 0 Å². The number of unbranched alkanes of at least 4 members (excludes halogenated alkanes) is 4. The van der Waals surface area contributed by atoms with Crippen LogP contribution in [0.1, 0.15) is 72.3 Å². The highest BCUT2D eigenvalue weighted by Gasteiger charge is 2.43. The van der Waals surface area contributed by atoms with Gasteiger partial charge in [-0.3, -0.25) is 0 Å². The Balaban J connectivity index is 2.91. The molecular formula is C25H37F3O2Si. The van der Waals surface area contributed by atoms with Crippen molar-refractivity contribution in [3.05, 3.63) is 42.5 Å². The molecule has 0 amide bonds. The molecule has 31 heavy (non-hydrogen) atoms. The van der Waals surface area contributed by atoms with E-state index in [1.807, 2.05) is 0 Å². The fourth-order valence-corrected chi connectivity index (χ4v) is 7.02. The molecular weight excluding hydrogens is 417 g/mol. The Morgan fingerprint density at radius 3 is 2.32 bits per heavy atom. The van der Waals surface area contributed by atoms with Crippen LogP contribution in [0.25, 0.3) is 0 Å². The number of halogens is 3. The van der Waals surface area contributed by atoms with Gasteiger partial charge in [0.25, 0.3) is 8.32 Å². The summed E-state index contributed by atoms with van der Waals surface area (Å²) in [5.41, 5.74) is 3.29. The lowest BCUT2D eigenvalue weighted by Gasteiger charge is -2.36. The largest absolute Gasteiger partial charge is 0.491 e. The maximum Gasteiger partial charge on any atom is 0.416 e. The molecule has 1 aromatic carbocycles. The van der Waals surface area contributed by atoms with Gasteiger partial charge >= 0.3 is 6.18 Å². The van der Waals surface area contributed by atoms with Gasteiger partial charge < -0.3 is 9.16 Å². The van der Waals surface area contributed by atoms with Gasteiger partial charge in [0.05, 0.1) is 11.7 Å². The van der Waals surface area contributed by atoms with Crippen LogP contribution in [-0.2, 0) is 10.6 Å². The Morgan fingerprint density at radius 2 is 1.77 bits per heavy atom. The average Bonchev–Trinajstić information content (AvgIpc) is 2.71. The smallest absolute Gasteiger partial charge is 0.416 e. The second kappa shape index (κ2) is 13.0. The van der Waals surface area contributed by atoms with Crippen molar-refractivity contribution in [1.29, 1.82) is 0 Å². The fraction of sp³-hybridized carbons (Fsp3) is 0.600. The Bertz CT molecular complexity index is 724. The van der Waals surface area contributed by atoms with Crippen LogP contribution in [-0.4, -0.2) is 21.0 Å². The van der Waals surface area contributed by atoms with E-state index >= 15 is 0 Å². The van der Waals surface area contributed by atoms with Crippen LogP contribution in [0.2, 0.25) is 11.1 Å². The minimum atomic E-state index is -4.40.